The second kappa shape index (κ2) is 7.23. The zero-order valence-corrected chi connectivity index (χ0v) is 15.6. The van der Waals surface area contributed by atoms with Crippen molar-refractivity contribution in [3.63, 3.8) is 0 Å². The highest BCUT2D eigenvalue weighted by Crippen LogP contribution is 2.30. The van der Waals surface area contributed by atoms with Crippen molar-refractivity contribution in [2.45, 2.75) is 13.3 Å². The van der Waals surface area contributed by atoms with Gasteiger partial charge < -0.3 is 9.64 Å². The third-order valence-corrected chi connectivity index (χ3v) is 4.68. The molecule has 0 N–H and O–H groups in total. The van der Waals surface area contributed by atoms with Crippen LogP contribution in [-0.2, 0) is 4.79 Å². The number of carbonyl (C=O) groups excluding carboxylic acids is 1. The molecule has 6 heteroatoms. The maximum Gasteiger partial charge on any atom is 0.266 e. The molecule has 1 aliphatic rings. The van der Waals surface area contributed by atoms with Gasteiger partial charge in [0.1, 0.15) is 5.75 Å². The number of aromatic nitrogens is 2. The molecule has 6 nitrogen and oxygen atoms in total. The summed E-state index contributed by atoms with van der Waals surface area (Å²) in [5.74, 6) is 1.92. The quantitative estimate of drug-likeness (QED) is 0.716. The van der Waals surface area contributed by atoms with Gasteiger partial charge in [-0.3, -0.25) is 9.69 Å². The lowest BCUT2D eigenvalue weighted by molar-refractivity contribution is -0.120. The molecule has 4 rings (SSSR count). The van der Waals surface area contributed by atoms with E-state index in [4.69, 9.17) is 14.7 Å². The minimum Gasteiger partial charge on any atom is -0.484 e. The van der Waals surface area contributed by atoms with Gasteiger partial charge >= 0.3 is 0 Å². The van der Waals surface area contributed by atoms with Gasteiger partial charge in [-0.05, 0) is 43.2 Å². The van der Waals surface area contributed by atoms with Crippen molar-refractivity contribution in [3.05, 3.63) is 54.1 Å². The first-order valence-electron chi connectivity index (χ1n) is 9.09. The van der Waals surface area contributed by atoms with Crippen LogP contribution in [-0.4, -0.2) is 42.6 Å². The van der Waals surface area contributed by atoms with Gasteiger partial charge in [0.25, 0.3) is 5.91 Å². The molecular formula is C21H22N4O2. The zero-order chi connectivity index (χ0) is 18.8. The first kappa shape index (κ1) is 17.3. The van der Waals surface area contributed by atoms with E-state index in [9.17, 15) is 4.79 Å². The monoisotopic (exact) mass is 362 g/mol. The van der Waals surface area contributed by atoms with E-state index in [1.807, 2.05) is 62.5 Å². The summed E-state index contributed by atoms with van der Waals surface area (Å²) < 4.78 is 5.72. The van der Waals surface area contributed by atoms with Gasteiger partial charge in [-0.25, -0.2) is 9.97 Å². The fraction of sp³-hybridized carbons (Fsp3) is 0.286. The van der Waals surface area contributed by atoms with Crippen molar-refractivity contribution >= 4 is 28.6 Å². The smallest absolute Gasteiger partial charge is 0.266 e. The van der Waals surface area contributed by atoms with E-state index in [-0.39, 0.29) is 12.5 Å². The van der Waals surface area contributed by atoms with Crippen molar-refractivity contribution in [2.75, 3.05) is 36.5 Å². The number of anilines is 2. The van der Waals surface area contributed by atoms with Crippen molar-refractivity contribution in [2.24, 2.45) is 0 Å². The number of hydrogen-bond acceptors (Lipinski definition) is 5. The zero-order valence-electron chi connectivity index (χ0n) is 15.6. The van der Waals surface area contributed by atoms with Crippen LogP contribution in [0, 0.1) is 6.92 Å². The van der Waals surface area contributed by atoms with Crippen LogP contribution in [0.15, 0.2) is 48.5 Å². The largest absolute Gasteiger partial charge is 0.484 e. The van der Waals surface area contributed by atoms with Gasteiger partial charge in [-0.1, -0.05) is 24.3 Å². The molecule has 0 radical (unpaired) electrons. The van der Waals surface area contributed by atoms with Gasteiger partial charge in [0.05, 0.1) is 11.0 Å². The molecule has 1 amide bonds. The fourth-order valence-electron chi connectivity index (χ4n) is 3.27. The van der Waals surface area contributed by atoms with Crippen LogP contribution >= 0.6 is 0 Å². The van der Waals surface area contributed by atoms with Gasteiger partial charge in [-0.15, -0.1) is 0 Å². The first-order valence-corrected chi connectivity index (χ1v) is 9.09. The Morgan fingerprint density at radius 1 is 1.04 bits per heavy atom. The van der Waals surface area contributed by atoms with E-state index in [0.29, 0.717) is 18.1 Å². The molecule has 27 heavy (non-hydrogen) atoms. The lowest BCUT2D eigenvalue weighted by atomic mass is 10.2. The van der Waals surface area contributed by atoms with Crippen LogP contribution in [0.1, 0.15) is 12.0 Å². The normalized spacial score (nSPS) is 14.0. The summed E-state index contributed by atoms with van der Waals surface area (Å²) in [6.07, 6.45) is 0.848. The molecular weight excluding hydrogens is 340 g/mol. The third kappa shape index (κ3) is 3.56. The average molecular weight is 362 g/mol. The molecule has 0 unspecified atom stereocenters. The van der Waals surface area contributed by atoms with Crippen molar-refractivity contribution in [1.82, 2.24) is 9.97 Å². The SMILES string of the molecule is Cc1cccc(OCC(=O)N2CCCN(C)c3nc4ccccc4nc32)c1. The highest BCUT2D eigenvalue weighted by Gasteiger charge is 2.27. The number of ether oxygens (including phenoxy) is 1. The maximum atomic E-state index is 12.9. The lowest BCUT2D eigenvalue weighted by Crippen LogP contribution is -2.36. The van der Waals surface area contributed by atoms with E-state index >= 15 is 0 Å². The molecule has 3 aromatic rings. The molecule has 0 saturated carbocycles. The van der Waals surface area contributed by atoms with Crippen LogP contribution in [0.3, 0.4) is 0 Å². The molecule has 1 aliphatic heterocycles. The molecule has 2 aromatic carbocycles. The standard InChI is InChI=1S/C21H22N4O2/c1-15-7-5-8-16(13-15)27-14-19(26)25-12-6-11-24(2)20-21(25)23-18-10-4-3-9-17(18)22-20/h3-5,7-10,13H,6,11-12,14H2,1-2H3. The second-order valence-electron chi connectivity index (χ2n) is 6.79. The number of rotatable bonds is 3. The van der Waals surface area contributed by atoms with Crippen LogP contribution < -0.4 is 14.5 Å². The summed E-state index contributed by atoms with van der Waals surface area (Å²) in [6.45, 7) is 3.39. The summed E-state index contributed by atoms with van der Waals surface area (Å²) in [7, 11) is 1.99. The minimum atomic E-state index is -0.113. The van der Waals surface area contributed by atoms with Gasteiger partial charge in [0.2, 0.25) is 0 Å². The molecule has 0 spiro atoms. The number of hydrogen-bond donors (Lipinski definition) is 0. The molecule has 0 atom stereocenters. The predicted molar refractivity (Wildman–Crippen MR) is 106 cm³/mol. The number of nitrogens with zero attached hydrogens (tertiary/aromatic N) is 4. The number of para-hydroxylation sites is 2. The van der Waals surface area contributed by atoms with Gasteiger partial charge in [0, 0.05) is 20.1 Å². The van der Waals surface area contributed by atoms with Gasteiger partial charge in [0.15, 0.2) is 18.2 Å². The van der Waals surface area contributed by atoms with Crippen LogP contribution in [0.25, 0.3) is 11.0 Å². The average Bonchev–Trinajstić information content (AvgIpc) is 2.83. The molecule has 0 bridgehead atoms. The molecule has 0 aliphatic carbocycles. The van der Waals surface area contributed by atoms with Crippen molar-refractivity contribution in [1.29, 1.82) is 0 Å². The number of aryl methyl sites for hydroxylation is 1. The fourth-order valence-corrected chi connectivity index (χ4v) is 3.27. The summed E-state index contributed by atoms with van der Waals surface area (Å²) in [6, 6.07) is 15.4. The summed E-state index contributed by atoms with van der Waals surface area (Å²) >= 11 is 0. The summed E-state index contributed by atoms with van der Waals surface area (Å²) in [4.78, 5) is 26.2. The molecule has 1 aromatic heterocycles. The molecule has 0 saturated heterocycles. The molecule has 0 fully saturated rings. The van der Waals surface area contributed by atoms with E-state index < -0.39 is 0 Å². The Balaban J connectivity index is 1.63. The topological polar surface area (TPSA) is 58.6 Å². The number of carbonyl (C=O) groups is 1. The Morgan fingerprint density at radius 2 is 1.78 bits per heavy atom. The Hall–Kier alpha value is -3.15. The van der Waals surface area contributed by atoms with Gasteiger partial charge in [-0.2, -0.15) is 0 Å². The summed E-state index contributed by atoms with van der Waals surface area (Å²) in [5.41, 5.74) is 2.70. The van der Waals surface area contributed by atoms with E-state index in [1.54, 1.807) is 4.90 Å². The Labute approximate surface area is 158 Å². The Bertz CT molecular complexity index is 989. The van der Waals surface area contributed by atoms with E-state index in [1.165, 1.54) is 0 Å². The molecule has 138 valence electrons. The lowest BCUT2D eigenvalue weighted by Gasteiger charge is -2.23. The van der Waals surface area contributed by atoms with Crippen molar-refractivity contribution in [3.8, 4) is 5.75 Å². The summed E-state index contributed by atoms with van der Waals surface area (Å²) in [5, 5.41) is 0. The molecule has 2 heterocycles. The first-order chi connectivity index (χ1) is 13.1. The van der Waals surface area contributed by atoms with Crippen LogP contribution in [0.5, 0.6) is 5.75 Å². The van der Waals surface area contributed by atoms with E-state index in [2.05, 4.69) is 4.90 Å². The van der Waals surface area contributed by atoms with Crippen molar-refractivity contribution < 1.29 is 9.53 Å². The number of fused-ring (bicyclic) bond motifs is 2. The predicted octanol–water partition coefficient (Wildman–Crippen LogP) is 3.19. The minimum absolute atomic E-state index is 0.0267. The Morgan fingerprint density at radius 3 is 2.52 bits per heavy atom. The highest BCUT2D eigenvalue weighted by molar-refractivity contribution is 5.97. The third-order valence-electron chi connectivity index (χ3n) is 4.68. The number of benzene rings is 2. The van der Waals surface area contributed by atoms with Crippen LogP contribution in [0.2, 0.25) is 0 Å². The van der Waals surface area contributed by atoms with Crippen LogP contribution in [0.4, 0.5) is 11.6 Å². The van der Waals surface area contributed by atoms with E-state index in [0.717, 1.165) is 35.4 Å². The number of amides is 1. The highest BCUT2D eigenvalue weighted by atomic mass is 16.5. The Kier molecular flexibility index (Phi) is 4.62. The maximum absolute atomic E-state index is 12.9. The second-order valence-corrected chi connectivity index (χ2v) is 6.79.